The lowest BCUT2D eigenvalue weighted by Crippen LogP contribution is -2.28. The first-order valence-corrected chi connectivity index (χ1v) is 5.23. The lowest BCUT2D eigenvalue weighted by Gasteiger charge is -1.94. The number of thiol groups is 1. The van der Waals surface area contributed by atoms with E-state index >= 15 is 0 Å². The summed E-state index contributed by atoms with van der Waals surface area (Å²) in [6.07, 6.45) is 3.49. The van der Waals surface area contributed by atoms with Crippen molar-refractivity contribution in [2.45, 2.75) is 0 Å². The van der Waals surface area contributed by atoms with Crippen molar-refractivity contribution in [2.75, 3.05) is 5.75 Å². The van der Waals surface area contributed by atoms with E-state index in [9.17, 15) is 9.59 Å². The van der Waals surface area contributed by atoms with E-state index in [1.54, 1.807) is 19.2 Å². The normalized spacial score (nSPS) is 11.6. The van der Waals surface area contributed by atoms with Crippen LogP contribution in [-0.2, 0) is 7.05 Å². The van der Waals surface area contributed by atoms with Crippen molar-refractivity contribution in [3.8, 4) is 0 Å². The maximum atomic E-state index is 11.5. The highest BCUT2D eigenvalue weighted by Crippen LogP contribution is 2.04. The maximum Gasteiger partial charge on any atom is 0.329 e. The molecular weight excluding hydrogens is 228 g/mol. The van der Waals surface area contributed by atoms with Gasteiger partial charge in [0.15, 0.2) is 5.65 Å². The second-order valence-corrected chi connectivity index (χ2v) is 3.59. The summed E-state index contributed by atoms with van der Waals surface area (Å²) in [5, 5.41) is 0. The van der Waals surface area contributed by atoms with Gasteiger partial charge in [0.2, 0.25) is 0 Å². The second-order valence-electron chi connectivity index (χ2n) is 3.22. The Hall–Kier alpha value is -1.76. The van der Waals surface area contributed by atoms with Crippen LogP contribution < -0.4 is 11.2 Å². The van der Waals surface area contributed by atoms with Crippen LogP contribution in [0.2, 0.25) is 0 Å². The minimum Gasteiger partial charge on any atom is -0.333 e. The molecule has 0 amide bonds. The number of nitrogens with zero attached hydrogens (tertiary/aromatic N) is 2. The molecule has 0 saturated carbocycles. The highest BCUT2D eigenvalue weighted by molar-refractivity contribution is 7.80. The van der Waals surface area contributed by atoms with E-state index in [2.05, 4.69) is 27.6 Å². The van der Waals surface area contributed by atoms with E-state index in [1.165, 1.54) is 4.57 Å². The molecule has 2 N–H and O–H groups in total. The van der Waals surface area contributed by atoms with Crippen molar-refractivity contribution in [2.24, 2.45) is 7.05 Å². The zero-order chi connectivity index (χ0) is 11.7. The minimum atomic E-state index is -0.478. The highest BCUT2D eigenvalue weighted by atomic mass is 32.1. The third-order valence-electron chi connectivity index (χ3n) is 2.15. The Labute approximate surface area is 95.4 Å². The Morgan fingerprint density at radius 3 is 2.88 bits per heavy atom. The molecule has 0 atom stereocenters. The fourth-order valence-electron chi connectivity index (χ4n) is 1.37. The van der Waals surface area contributed by atoms with E-state index in [1.807, 2.05) is 0 Å². The molecule has 0 fully saturated rings. The highest BCUT2D eigenvalue weighted by Gasteiger charge is 2.08. The topological polar surface area (TPSA) is 83.5 Å². The number of H-pyrrole nitrogens is 2. The molecule has 0 aliphatic rings. The number of hydrogen-bond donors (Lipinski definition) is 3. The smallest absolute Gasteiger partial charge is 0.329 e. The Bertz CT molecular complexity index is 664. The molecule has 2 aromatic rings. The van der Waals surface area contributed by atoms with Gasteiger partial charge in [-0.05, 0) is 6.08 Å². The van der Waals surface area contributed by atoms with Gasteiger partial charge in [0, 0.05) is 12.8 Å². The molecule has 0 saturated heterocycles. The zero-order valence-electron chi connectivity index (χ0n) is 8.52. The van der Waals surface area contributed by atoms with Gasteiger partial charge in [0.05, 0.1) is 0 Å². The summed E-state index contributed by atoms with van der Waals surface area (Å²) in [6.45, 7) is 0. The van der Waals surface area contributed by atoms with Gasteiger partial charge in [0.25, 0.3) is 5.56 Å². The van der Waals surface area contributed by atoms with Crippen molar-refractivity contribution in [3.05, 3.63) is 32.7 Å². The quantitative estimate of drug-likeness (QED) is 0.638. The van der Waals surface area contributed by atoms with Crippen LogP contribution in [0.4, 0.5) is 0 Å². The average molecular weight is 238 g/mol. The van der Waals surface area contributed by atoms with Crippen LogP contribution in [0.3, 0.4) is 0 Å². The van der Waals surface area contributed by atoms with Gasteiger partial charge in [-0.2, -0.15) is 12.6 Å². The monoisotopic (exact) mass is 238 g/mol. The van der Waals surface area contributed by atoms with Crippen molar-refractivity contribution >= 4 is 29.9 Å². The van der Waals surface area contributed by atoms with Crippen LogP contribution in [0.15, 0.2) is 15.7 Å². The van der Waals surface area contributed by atoms with Crippen LogP contribution in [-0.4, -0.2) is 25.3 Å². The summed E-state index contributed by atoms with van der Waals surface area (Å²) in [5.74, 6) is 1.10. The molecule has 7 heteroatoms. The molecule has 0 aromatic carbocycles. The van der Waals surface area contributed by atoms with Crippen molar-refractivity contribution in [1.29, 1.82) is 0 Å². The summed E-state index contributed by atoms with van der Waals surface area (Å²) in [7, 11) is 1.55. The number of hydrogen-bond acceptors (Lipinski definition) is 4. The zero-order valence-corrected chi connectivity index (χ0v) is 9.41. The molecule has 2 rings (SSSR count). The van der Waals surface area contributed by atoms with Gasteiger partial charge in [-0.1, -0.05) is 6.08 Å². The lowest BCUT2D eigenvalue weighted by molar-refractivity contribution is 0.832. The number of nitrogens with one attached hydrogen (secondary N) is 2. The Balaban J connectivity index is 2.75. The summed E-state index contributed by atoms with van der Waals surface area (Å²) < 4.78 is 1.28. The van der Waals surface area contributed by atoms with Crippen LogP contribution in [0, 0.1) is 0 Å². The number of rotatable bonds is 2. The predicted molar refractivity (Wildman–Crippen MR) is 64.8 cm³/mol. The van der Waals surface area contributed by atoms with E-state index in [-0.39, 0.29) is 0 Å². The summed E-state index contributed by atoms with van der Waals surface area (Å²) in [6, 6.07) is 0. The number of fused-ring (bicyclic) bond motifs is 1. The Morgan fingerprint density at radius 2 is 2.19 bits per heavy atom. The van der Waals surface area contributed by atoms with Crippen LogP contribution in [0.25, 0.3) is 17.2 Å². The van der Waals surface area contributed by atoms with Gasteiger partial charge in [-0.3, -0.25) is 14.3 Å². The molecule has 0 radical (unpaired) electrons. The first-order chi connectivity index (χ1) is 7.63. The van der Waals surface area contributed by atoms with E-state index in [4.69, 9.17) is 0 Å². The number of aryl methyl sites for hydroxylation is 1. The van der Waals surface area contributed by atoms with Crippen molar-refractivity contribution in [1.82, 2.24) is 19.5 Å². The van der Waals surface area contributed by atoms with E-state index in [0.29, 0.717) is 22.7 Å². The van der Waals surface area contributed by atoms with E-state index < -0.39 is 11.2 Å². The molecule has 84 valence electrons. The SMILES string of the molecule is Cn1c(=O)[nH]c(=O)c2[nH]c(C=CCS)nc21. The molecule has 0 aliphatic heterocycles. The van der Waals surface area contributed by atoms with Gasteiger partial charge in [0.1, 0.15) is 11.3 Å². The fraction of sp³-hybridized carbons (Fsp3) is 0.222. The molecular formula is C9H10N4O2S. The molecule has 2 aromatic heterocycles. The Kier molecular flexibility index (Phi) is 2.69. The molecule has 0 aliphatic carbocycles. The summed E-state index contributed by atoms with van der Waals surface area (Å²) in [5.41, 5.74) is -0.307. The largest absolute Gasteiger partial charge is 0.333 e. The van der Waals surface area contributed by atoms with Crippen molar-refractivity contribution < 1.29 is 0 Å². The summed E-state index contributed by atoms with van der Waals surface area (Å²) >= 11 is 4.02. The predicted octanol–water partition coefficient (Wildman–Crippen LogP) is -0.107. The van der Waals surface area contributed by atoms with Crippen LogP contribution >= 0.6 is 12.6 Å². The molecule has 0 unspecified atom stereocenters. The third-order valence-corrected chi connectivity index (χ3v) is 2.36. The standard InChI is InChI=1S/C9H10N4O2S/c1-13-7-6(8(14)12-9(13)15)10-5(11-7)3-2-4-16/h2-3,16H,4H2,1H3,(H,10,11)(H,12,14,15). The maximum absolute atomic E-state index is 11.5. The lowest BCUT2D eigenvalue weighted by atomic mass is 10.5. The van der Waals surface area contributed by atoms with Gasteiger partial charge in [-0.25, -0.2) is 9.78 Å². The fourth-order valence-corrected chi connectivity index (χ4v) is 1.47. The molecule has 16 heavy (non-hydrogen) atoms. The summed E-state index contributed by atoms with van der Waals surface area (Å²) in [4.78, 5) is 31.9. The number of imidazole rings is 1. The Morgan fingerprint density at radius 1 is 1.44 bits per heavy atom. The van der Waals surface area contributed by atoms with Crippen molar-refractivity contribution in [3.63, 3.8) is 0 Å². The number of aromatic amines is 2. The molecule has 0 bridgehead atoms. The van der Waals surface area contributed by atoms with Gasteiger partial charge < -0.3 is 4.98 Å². The van der Waals surface area contributed by atoms with Crippen LogP contribution in [0.1, 0.15) is 5.82 Å². The van der Waals surface area contributed by atoms with E-state index in [0.717, 1.165) is 0 Å². The average Bonchev–Trinajstić information content (AvgIpc) is 2.68. The van der Waals surface area contributed by atoms with Crippen LogP contribution in [0.5, 0.6) is 0 Å². The number of aromatic nitrogens is 4. The first kappa shape index (κ1) is 10.7. The first-order valence-electron chi connectivity index (χ1n) is 4.60. The molecule has 6 nitrogen and oxygen atoms in total. The minimum absolute atomic E-state index is 0.293. The van der Waals surface area contributed by atoms with Gasteiger partial charge >= 0.3 is 5.69 Å². The molecule has 0 spiro atoms. The third kappa shape index (κ3) is 1.69. The molecule has 2 heterocycles. The second kappa shape index (κ2) is 4.01. The van der Waals surface area contributed by atoms with Gasteiger partial charge in [-0.15, -0.1) is 0 Å².